The van der Waals surface area contributed by atoms with Gasteiger partial charge in [-0.3, -0.25) is 19.9 Å². The standard InChI is InChI=1S/C11H6N4O3S/c12-11-14-10(16)7-4-13-8-2-1-5(15(17)18)3-6(8)9(7)19-11/h1-4H,(H2,12,14,16). The number of nitro benzene ring substituents is 1. The number of hydrogen-bond donors (Lipinski definition) is 1. The van der Waals surface area contributed by atoms with Crippen molar-refractivity contribution in [2.24, 2.45) is 0 Å². The van der Waals surface area contributed by atoms with E-state index in [0.717, 1.165) is 11.3 Å². The molecule has 0 saturated heterocycles. The molecule has 7 nitrogen and oxygen atoms in total. The number of anilines is 1. The van der Waals surface area contributed by atoms with Gasteiger partial charge in [-0.1, -0.05) is 11.3 Å². The molecule has 19 heavy (non-hydrogen) atoms. The zero-order valence-electron chi connectivity index (χ0n) is 9.36. The molecule has 94 valence electrons. The van der Waals surface area contributed by atoms with Gasteiger partial charge >= 0.3 is 0 Å². The van der Waals surface area contributed by atoms with Gasteiger partial charge in [0.2, 0.25) is 0 Å². The number of hydrogen-bond acceptors (Lipinski definition) is 7. The van der Waals surface area contributed by atoms with E-state index in [0.29, 0.717) is 21.0 Å². The van der Waals surface area contributed by atoms with Gasteiger partial charge in [0, 0.05) is 23.7 Å². The molecular formula is C11H6N4O3S. The smallest absolute Gasteiger partial charge is 0.282 e. The summed E-state index contributed by atoms with van der Waals surface area (Å²) in [6, 6.07) is 4.30. The van der Waals surface area contributed by atoms with Crippen LogP contribution in [0, 0.1) is 10.1 Å². The fourth-order valence-electron chi connectivity index (χ4n) is 1.82. The lowest BCUT2D eigenvalue weighted by molar-refractivity contribution is -0.384. The molecule has 0 aliphatic carbocycles. The second-order valence-corrected chi connectivity index (χ2v) is 4.85. The molecule has 0 unspecified atom stereocenters. The zero-order chi connectivity index (χ0) is 13.6. The highest BCUT2D eigenvalue weighted by Crippen LogP contribution is 2.29. The highest BCUT2D eigenvalue weighted by Gasteiger charge is 2.12. The molecule has 0 saturated carbocycles. The van der Waals surface area contributed by atoms with Crippen LogP contribution < -0.4 is 11.3 Å². The zero-order valence-corrected chi connectivity index (χ0v) is 10.2. The Bertz CT molecular complexity index is 890. The fourth-order valence-corrected chi connectivity index (χ4v) is 2.68. The molecule has 0 spiro atoms. The monoisotopic (exact) mass is 274 g/mol. The highest BCUT2D eigenvalue weighted by molar-refractivity contribution is 7.22. The third-order valence-corrected chi connectivity index (χ3v) is 3.61. The first-order valence-corrected chi connectivity index (χ1v) is 6.01. The maximum atomic E-state index is 11.7. The van der Waals surface area contributed by atoms with Gasteiger partial charge in [-0.25, -0.2) is 0 Å². The topological polar surface area (TPSA) is 112 Å². The van der Waals surface area contributed by atoms with Gasteiger partial charge in [-0.15, -0.1) is 0 Å². The first-order valence-electron chi connectivity index (χ1n) is 5.20. The maximum absolute atomic E-state index is 11.7. The minimum atomic E-state index is -0.494. The van der Waals surface area contributed by atoms with Crippen LogP contribution in [0.25, 0.3) is 21.0 Å². The van der Waals surface area contributed by atoms with E-state index in [1.807, 2.05) is 0 Å². The van der Waals surface area contributed by atoms with Crippen molar-refractivity contribution in [1.29, 1.82) is 0 Å². The number of nitrogens with zero attached hydrogens (tertiary/aromatic N) is 3. The van der Waals surface area contributed by atoms with Crippen LogP contribution in [0.2, 0.25) is 0 Å². The molecule has 2 heterocycles. The maximum Gasteiger partial charge on any atom is 0.282 e. The number of rotatable bonds is 1. The Kier molecular flexibility index (Phi) is 2.39. The Balaban J connectivity index is 2.53. The number of nitrogens with two attached hydrogens (primary N) is 1. The van der Waals surface area contributed by atoms with Crippen molar-refractivity contribution in [3.05, 3.63) is 44.9 Å². The quantitative estimate of drug-likeness (QED) is 0.410. The average molecular weight is 274 g/mol. The van der Waals surface area contributed by atoms with Gasteiger partial charge in [-0.05, 0) is 6.07 Å². The van der Waals surface area contributed by atoms with E-state index in [2.05, 4.69) is 9.97 Å². The van der Waals surface area contributed by atoms with E-state index in [1.54, 1.807) is 6.07 Å². The molecule has 3 aromatic rings. The van der Waals surface area contributed by atoms with Crippen LogP contribution in [0.15, 0.2) is 29.2 Å². The number of nitro groups is 1. The molecule has 0 bridgehead atoms. The van der Waals surface area contributed by atoms with Gasteiger partial charge in [0.15, 0.2) is 5.13 Å². The summed E-state index contributed by atoms with van der Waals surface area (Å²) in [5, 5.41) is 11.8. The lowest BCUT2D eigenvalue weighted by atomic mass is 10.2. The Morgan fingerprint density at radius 2 is 2.11 bits per heavy atom. The van der Waals surface area contributed by atoms with E-state index in [9.17, 15) is 14.9 Å². The van der Waals surface area contributed by atoms with Crippen LogP contribution in [-0.4, -0.2) is 14.9 Å². The van der Waals surface area contributed by atoms with Crippen molar-refractivity contribution in [2.45, 2.75) is 0 Å². The summed E-state index contributed by atoms with van der Waals surface area (Å²) >= 11 is 1.11. The van der Waals surface area contributed by atoms with Gasteiger partial charge < -0.3 is 5.73 Å². The number of benzene rings is 1. The predicted molar refractivity (Wildman–Crippen MR) is 72.3 cm³/mol. The third kappa shape index (κ3) is 1.78. The van der Waals surface area contributed by atoms with Crippen LogP contribution in [0.4, 0.5) is 10.8 Å². The second-order valence-electron chi connectivity index (χ2n) is 3.82. The summed E-state index contributed by atoms with van der Waals surface area (Å²) in [6.07, 6.45) is 1.41. The summed E-state index contributed by atoms with van der Waals surface area (Å²) in [5.74, 6) is 0. The first kappa shape index (κ1) is 11.5. The summed E-state index contributed by atoms with van der Waals surface area (Å²) in [6.45, 7) is 0. The van der Waals surface area contributed by atoms with E-state index < -0.39 is 10.5 Å². The molecule has 2 N–H and O–H groups in total. The lowest BCUT2D eigenvalue weighted by Crippen LogP contribution is -2.07. The van der Waals surface area contributed by atoms with Gasteiger partial charge in [0.05, 0.1) is 20.5 Å². The van der Waals surface area contributed by atoms with Gasteiger partial charge in [-0.2, -0.15) is 4.98 Å². The summed E-state index contributed by atoms with van der Waals surface area (Å²) in [4.78, 5) is 29.8. The molecular weight excluding hydrogens is 268 g/mol. The molecule has 0 aliphatic rings. The van der Waals surface area contributed by atoms with Crippen LogP contribution in [0.1, 0.15) is 0 Å². The van der Waals surface area contributed by atoms with Crippen molar-refractivity contribution in [3.63, 3.8) is 0 Å². The molecule has 3 rings (SSSR count). The molecule has 0 fully saturated rings. The van der Waals surface area contributed by atoms with Crippen molar-refractivity contribution in [2.75, 3.05) is 5.73 Å². The fraction of sp³-hybridized carbons (Fsp3) is 0. The van der Waals surface area contributed by atoms with Crippen LogP contribution in [0.3, 0.4) is 0 Å². The largest absolute Gasteiger partial charge is 0.375 e. The molecule has 0 aliphatic heterocycles. The SMILES string of the molecule is Nc1nc(=O)c2cnc3ccc([N+](=O)[O-])cc3c2s1. The summed E-state index contributed by atoms with van der Waals surface area (Å²) in [7, 11) is 0. The van der Waals surface area contributed by atoms with Crippen molar-refractivity contribution in [1.82, 2.24) is 9.97 Å². The number of non-ortho nitro benzene ring substituents is 1. The Morgan fingerprint density at radius 1 is 1.32 bits per heavy atom. The number of nitrogen functional groups attached to an aromatic ring is 1. The first-order chi connectivity index (χ1) is 9.06. The number of aromatic nitrogens is 2. The number of pyridine rings is 1. The molecule has 0 atom stereocenters. The third-order valence-electron chi connectivity index (χ3n) is 2.66. The van der Waals surface area contributed by atoms with Crippen molar-refractivity contribution < 1.29 is 4.92 Å². The Hall–Kier alpha value is -2.61. The Morgan fingerprint density at radius 3 is 2.84 bits per heavy atom. The average Bonchev–Trinajstić information content (AvgIpc) is 2.37. The predicted octanol–water partition coefficient (Wildman–Crippen LogP) is 1.70. The molecule has 0 radical (unpaired) electrons. The molecule has 0 amide bonds. The van der Waals surface area contributed by atoms with Crippen molar-refractivity contribution >= 4 is 43.1 Å². The minimum absolute atomic E-state index is 0.0585. The molecule has 1 aromatic carbocycles. The van der Waals surface area contributed by atoms with E-state index in [-0.39, 0.29) is 10.8 Å². The minimum Gasteiger partial charge on any atom is -0.375 e. The van der Waals surface area contributed by atoms with Gasteiger partial charge in [0.25, 0.3) is 11.2 Å². The molecule has 2 aromatic heterocycles. The molecule has 8 heteroatoms. The summed E-state index contributed by atoms with van der Waals surface area (Å²) in [5.41, 5.74) is 5.60. The lowest BCUT2D eigenvalue weighted by Gasteiger charge is -2.02. The second kappa shape index (κ2) is 3.95. The Labute approximate surface area is 109 Å². The normalized spacial score (nSPS) is 10.9. The van der Waals surface area contributed by atoms with Crippen LogP contribution in [-0.2, 0) is 0 Å². The van der Waals surface area contributed by atoms with Gasteiger partial charge in [0.1, 0.15) is 0 Å². The van der Waals surface area contributed by atoms with E-state index in [4.69, 9.17) is 5.73 Å². The van der Waals surface area contributed by atoms with Crippen molar-refractivity contribution in [3.8, 4) is 0 Å². The van der Waals surface area contributed by atoms with Crippen LogP contribution in [0.5, 0.6) is 0 Å². The highest BCUT2D eigenvalue weighted by atomic mass is 32.1. The summed E-state index contributed by atoms with van der Waals surface area (Å²) < 4.78 is 0.561. The van der Waals surface area contributed by atoms with Crippen LogP contribution >= 0.6 is 11.3 Å². The number of fused-ring (bicyclic) bond motifs is 3. The van der Waals surface area contributed by atoms with E-state index in [1.165, 1.54) is 18.3 Å². The van der Waals surface area contributed by atoms with E-state index >= 15 is 0 Å².